The van der Waals surface area contributed by atoms with Crippen LogP contribution in [0.5, 0.6) is 5.75 Å². The molecule has 0 radical (unpaired) electrons. The second-order valence-corrected chi connectivity index (χ2v) is 6.80. The minimum atomic E-state index is -0.472. The molecule has 0 saturated heterocycles. The number of pyridine rings is 1. The zero-order valence-electron chi connectivity index (χ0n) is 16.6. The molecule has 6 heteroatoms. The fourth-order valence-electron chi connectivity index (χ4n) is 3.00. The van der Waals surface area contributed by atoms with E-state index in [0.717, 1.165) is 22.3 Å². The van der Waals surface area contributed by atoms with Crippen molar-refractivity contribution >= 4 is 22.6 Å². The number of hydrogen-bond acceptors (Lipinski definition) is 5. The average molecular weight is 382 g/mol. The number of fused-ring (bicyclic) bond motifs is 1. The summed E-state index contributed by atoms with van der Waals surface area (Å²) >= 11 is 0. The Morgan fingerprint density at radius 2 is 1.79 bits per heavy atom. The standard InChI is InChI=1S/C22H23FN2O3/c1-13(2)25(3)19-11-15-10-17(22(26)28-5)20(27-4)12-18(15)24-21(19)14-6-8-16(23)9-7-14/h6-13H,1-5H3. The van der Waals surface area contributed by atoms with E-state index in [4.69, 9.17) is 14.5 Å². The van der Waals surface area contributed by atoms with Crippen LogP contribution >= 0.6 is 0 Å². The Bertz CT molecular complexity index is 1020. The summed E-state index contributed by atoms with van der Waals surface area (Å²) in [4.78, 5) is 19.0. The number of esters is 1. The van der Waals surface area contributed by atoms with Crippen LogP contribution in [0.15, 0.2) is 42.5 Å². The molecule has 5 nitrogen and oxygen atoms in total. The van der Waals surface area contributed by atoms with Gasteiger partial charge in [0.25, 0.3) is 0 Å². The van der Waals surface area contributed by atoms with Gasteiger partial charge in [-0.3, -0.25) is 0 Å². The van der Waals surface area contributed by atoms with E-state index in [0.29, 0.717) is 16.8 Å². The lowest BCUT2D eigenvalue weighted by atomic mass is 10.0. The van der Waals surface area contributed by atoms with Crippen LogP contribution in [0.2, 0.25) is 0 Å². The Hall–Kier alpha value is -3.15. The summed E-state index contributed by atoms with van der Waals surface area (Å²) in [6.07, 6.45) is 0. The number of methoxy groups -OCH3 is 2. The summed E-state index contributed by atoms with van der Waals surface area (Å²) in [5.74, 6) is -0.380. The molecule has 1 heterocycles. The number of aromatic nitrogens is 1. The van der Waals surface area contributed by atoms with Crippen LogP contribution in [0.3, 0.4) is 0 Å². The Balaban J connectivity index is 2.30. The van der Waals surface area contributed by atoms with Crippen LogP contribution in [0.25, 0.3) is 22.2 Å². The maximum atomic E-state index is 13.4. The predicted molar refractivity (Wildman–Crippen MR) is 109 cm³/mol. The second kappa shape index (κ2) is 7.84. The van der Waals surface area contributed by atoms with Gasteiger partial charge in [0.1, 0.15) is 17.1 Å². The number of carbonyl (C=O) groups is 1. The highest BCUT2D eigenvalue weighted by Gasteiger charge is 2.19. The number of carbonyl (C=O) groups excluding carboxylic acids is 1. The molecule has 0 atom stereocenters. The molecule has 0 aliphatic heterocycles. The number of rotatable bonds is 5. The SMILES string of the molecule is COC(=O)c1cc2cc(N(C)C(C)C)c(-c3ccc(F)cc3)nc2cc1OC. The van der Waals surface area contributed by atoms with E-state index in [1.807, 2.05) is 13.1 Å². The first-order valence-electron chi connectivity index (χ1n) is 8.95. The molecule has 0 N–H and O–H groups in total. The van der Waals surface area contributed by atoms with Gasteiger partial charge in [0.05, 0.1) is 31.1 Å². The lowest BCUT2D eigenvalue weighted by Gasteiger charge is -2.26. The maximum absolute atomic E-state index is 13.4. The molecule has 1 aromatic heterocycles. The lowest BCUT2D eigenvalue weighted by Crippen LogP contribution is -2.26. The van der Waals surface area contributed by atoms with Gasteiger partial charge >= 0.3 is 5.97 Å². The molecular weight excluding hydrogens is 359 g/mol. The third-order valence-corrected chi connectivity index (χ3v) is 4.79. The van der Waals surface area contributed by atoms with Gasteiger partial charge in [-0.2, -0.15) is 0 Å². The molecule has 0 amide bonds. The van der Waals surface area contributed by atoms with Crippen molar-refractivity contribution in [3.8, 4) is 17.0 Å². The van der Waals surface area contributed by atoms with E-state index in [-0.39, 0.29) is 11.9 Å². The number of hydrogen-bond donors (Lipinski definition) is 0. The topological polar surface area (TPSA) is 51.7 Å². The Labute approximate surface area is 163 Å². The molecule has 146 valence electrons. The van der Waals surface area contributed by atoms with Crippen LogP contribution in [0, 0.1) is 5.82 Å². The lowest BCUT2D eigenvalue weighted by molar-refractivity contribution is 0.0597. The minimum absolute atomic E-state index is 0.219. The summed E-state index contributed by atoms with van der Waals surface area (Å²) in [6, 6.07) is 11.9. The number of benzene rings is 2. The third kappa shape index (κ3) is 3.63. The third-order valence-electron chi connectivity index (χ3n) is 4.79. The van der Waals surface area contributed by atoms with Gasteiger partial charge in [0.2, 0.25) is 0 Å². The first-order valence-corrected chi connectivity index (χ1v) is 8.95. The minimum Gasteiger partial charge on any atom is -0.496 e. The highest BCUT2D eigenvalue weighted by molar-refractivity contribution is 5.99. The molecular formula is C22H23FN2O3. The van der Waals surface area contributed by atoms with Crippen LogP contribution in [-0.2, 0) is 4.74 Å². The van der Waals surface area contributed by atoms with Crippen molar-refractivity contribution in [2.45, 2.75) is 19.9 Å². The van der Waals surface area contributed by atoms with E-state index in [9.17, 15) is 9.18 Å². The Morgan fingerprint density at radius 3 is 2.36 bits per heavy atom. The van der Waals surface area contributed by atoms with Gasteiger partial charge in [-0.05, 0) is 50.2 Å². The molecule has 0 spiro atoms. The van der Waals surface area contributed by atoms with Crippen LogP contribution in [0.1, 0.15) is 24.2 Å². The molecule has 3 aromatic rings. The van der Waals surface area contributed by atoms with E-state index in [2.05, 4.69) is 18.7 Å². The first-order chi connectivity index (χ1) is 13.3. The first kappa shape index (κ1) is 19.6. The van der Waals surface area contributed by atoms with Crippen molar-refractivity contribution in [1.29, 1.82) is 0 Å². The fraction of sp³-hybridized carbons (Fsp3) is 0.273. The van der Waals surface area contributed by atoms with E-state index >= 15 is 0 Å². The van der Waals surface area contributed by atoms with Gasteiger partial charge in [-0.15, -0.1) is 0 Å². The normalized spacial score (nSPS) is 11.0. The van der Waals surface area contributed by atoms with Crippen LogP contribution < -0.4 is 9.64 Å². The van der Waals surface area contributed by atoms with Crippen LogP contribution in [0.4, 0.5) is 10.1 Å². The molecule has 0 saturated carbocycles. The second-order valence-electron chi connectivity index (χ2n) is 6.80. The van der Waals surface area contributed by atoms with E-state index < -0.39 is 5.97 Å². The van der Waals surface area contributed by atoms with Gasteiger partial charge in [0, 0.05) is 30.1 Å². The summed E-state index contributed by atoms with van der Waals surface area (Å²) in [7, 11) is 4.81. The molecule has 0 aliphatic carbocycles. The number of ether oxygens (including phenoxy) is 2. The molecule has 0 unspecified atom stereocenters. The van der Waals surface area contributed by atoms with E-state index in [1.54, 1.807) is 24.3 Å². The zero-order valence-corrected chi connectivity index (χ0v) is 16.6. The highest BCUT2D eigenvalue weighted by atomic mass is 19.1. The fourth-order valence-corrected chi connectivity index (χ4v) is 3.00. The largest absolute Gasteiger partial charge is 0.496 e. The monoisotopic (exact) mass is 382 g/mol. The van der Waals surface area contributed by atoms with Crippen molar-refractivity contribution in [2.75, 3.05) is 26.2 Å². The Kier molecular flexibility index (Phi) is 5.49. The zero-order chi connectivity index (χ0) is 20.4. The quantitative estimate of drug-likeness (QED) is 0.600. The highest BCUT2D eigenvalue weighted by Crippen LogP contribution is 2.35. The molecule has 28 heavy (non-hydrogen) atoms. The summed E-state index contributed by atoms with van der Waals surface area (Å²) in [5, 5.41) is 0.787. The number of halogens is 1. The molecule has 2 aromatic carbocycles. The van der Waals surface area contributed by atoms with E-state index in [1.165, 1.54) is 26.4 Å². The predicted octanol–water partition coefficient (Wildman–Crippen LogP) is 4.68. The summed E-state index contributed by atoms with van der Waals surface area (Å²) < 4.78 is 23.6. The molecule has 3 rings (SSSR count). The van der Waals surface area contributed by atoms with Gasteiger partial charge in [0.15, 0.2) is 0 Å². The van der Waals surface area contributed by atoms with Gasteiger partial charge in [-0.25, -0.2) is 14.2 Å². The van der Waals surface area contributed by atoms with Crippen LogP contribution in [-0.4, -0.2) is 38.3 Å². The molecule has 0 fully saturated rings. The molecule has 0 bridgehead atoms. The average Bonchev–Trinajstić information content (AvgIpc) is 2.71. The molecule has 0 aliphatic rings. The number of nitrogens with zero attached hydrogens (tertiary/aromatic N) is 2. The summed E-state index contributed by atoms with van der Waals surface area (Å²) in [6.45, 7) is 4.15. The van der Waals surface area contributed by atoms with Gasteiger partial charge in [-0.1, -0.05) is 0 Å². The maximum Gasteiger partial charge on any atom is 0.341 e. The number of anilines is 1. The van der Waals surface area contributed by atoms with Gasteiger partial charge < -0.3 is 14.4 Å². The van der Waals surface area contributed by atoms with Crippen molar-refractivity contribution in [2.24, 2.45) is 0 Å². The smallest absolute Gasteiger partial charge is 0.341 e. The van der Waals surface area contributed by atoms with Crippen molar-refractivity contribution < 1.29 is 18.7 Å². The Morgan fingerprint density at radius 1 is 1.11 bits per heavy atom. The van der Waals surface area contributed by atoms with Crippen molar-refractivity contribution in [3.05, 3.63) is 53.8 Å². The van der Waals surface area contributed by atoms with Crippen molar-refractivity contribution in [1.82, 2.24) is 4.98 Å². The van der Waals surface area contributed by atoms with Crippen molar-refractivity contribution in [3.63, 3.8) is 0 Å². The summed E-state index contributed by atoms with van der Waals surface area (Å²) in [5.41, 5.74) is 3.44.